The molecule has 0 spiro atoms. The maximum Gasteiger partial charge on any atom is 0.313 e. The number of hydrogen-bond acceptors (Lipinski definition) is 3. The van der Waals surface area contributed by atoms with Crippen molar-refractivity contribution in [2.24, 2.45) is 17.1 Å². The van der Waals surface area contributed by atoms with Crippen LogP contribution < -0.4 is 5.73 Å². The Labute approximate surface area is 80.6 Å². The summed E-state index contributed by atoms with van der Waals surface area (Å²) in [6.45, 7) is 8.59. The van der Waals surface area contributed by atoms with E-state index in [0.717, 1.165) is 6.42 Å². The molecule has 2 N–H and O–H groups in total. The van der Waals surface area contributed by atoms with E-state index in [-0.39, 0.29) is 11.9 Å². The molecule has 0 aliphatic rings. The molecule has 1 atom stereocenters. The summed E-state index contributed by atoms with van der Waals surface area (Å²) in [4.78, 5) is 11.7. The molecule has 0 radical (unpaired) electrons. The molecule has 0 aliphatic heterocycles. The van der Waals surface area contributed by atoms with E-state index in [2.05, 4.69) is 0 Å². The second-order valence-electron chi connectivity index (χ2n) is 3.59. The fraction of sp³-hybridized carbons (Fsp3) is 0.900. The highest BCUT2D eigenvalue weighted by molar-refractivity contribution is 5.77. The molecule has 3 heteroatoms. The lowest BCUT2D eigenvalue weighted by molar-refractivity contribution is -0.158. The van der Waals surface area contributed by atoms with E-state index in [1.54, 1.807) is 0 Å². The third-order valence-corrected chi connectivity index (χ3v) is 2.78. The number of ether oxygens (including phenoxy) is 1. The van der Waals surface area contributed by atoms with Crippen molar-refractivity contribution < 1.29 is 9.53 Å². The zero-order valence-corrected chi connectivity index (χ0v) is 9.09. The fourth-order valence-electron chi connectivity index (χ4n) is 1.53. The van der Waals surface area contributed by atoms with Crippen molar-refractivity contribution in [3.8, 4) is 0 Å². The normalized spacial score (nSPS) is 15.5. The summed E-state index contributed by atoms with van der Waals surface area (Å²) in [6.07, 6.45) is 0.736. The van der Waals surface area contributed by atoms with Gasteiger partial charge in [0.15, 0.2) is 0 Å². The second kappa shape index (κ2) is 5.22. The Kier molecular flexibility index (Phi) is 4.99. The molecule has 78 valence electrons. The summed E-state index contributed by atoms with van der Waals surface area (Å²) in [6, 6.07) is 0. The van der Waals surface area contributed by atoms with Gasteiger partial charge in [-0.3, -0.25) is 4.79 Å². The van der Waals surface area contributed by atoms with Gasteiger partial charge >= 0.3 is 5.97 Å². The lowest BCUT2D eigenvalue weighted by Gasteiger charge is -2.32. The minimum atomic E-state index is -0.490. The van der Waals surface area contributed by atoms with Crippen molar-refractivity contribution >= 4 is 5.97 Å². The van der Waals surface area contributed by atoms with Crippen molar-refractivity contribution in [3.63, 3.8) is 0 Å². The first-order valence-corrected chi connectivity index (χ1v) is 4.92. The summed E-state index contributed by atoms with van der Waals surface area (Å²) in [5.74, 6) is 0.0663. The van der Waals surface area contributed by atoms with Gasteiger partial charge < -0.3 is 10.5 Å². The third kappa shape index (κ3) is 2.44. The van der Waals surface area contributed by atoms with Crippen molar-refractivity contribution in [3.05, 3.63) is 0 Å². The van der Waals surface area contributed by atoms with Gasteiger partial charge in [-0.05, 0) is 19.3 Å². The van der Waals surface area contributed by atoms with Gasteiger partial charge in [-0.15, -0.1) is 0 Å². The number of hydrogen-bond donors (Lipinski definition) is 1. The average molecular weight is 187 g/mol. The molecule has 0 saturated heterocycles. The first kappa shape index (κ1) is 12.4. The Hall–Kier alpha value is -0.570. The van der Waals surface area contributed by atoms with E-state index in [1.165, 1.54) is 0 Å². The van der Waals surface area contributed by atoms with Crippen molar-refractivity contribution in [2.45, 2.75) is 34.1 Å². The van der Waals surface area contributed by atoms with Gasteiger partial charge in [-0.1, -0.05) is 20.8 Å². The van der Waals surface area contributed by atoms with Crippen LogP contribution in [0.4, 0.5) is 0 Å². The van der Waals surface area contributed by atoms with E-state index in [9.17, 15) is 4.79 Å². The molecule has 13 heavy (non-hydrogen) atoms. The average Bonchev–Trinajstić information content (AvgIpc) is 2.07. The summed E-state index contributed by atoms with van der Waals surface area (Å²) in [7, 11) is 0. The van der Waals surface area contributed by atoms with Crippen molar-refractivity contribution in [2.75, 3.05) is 13.2 Å². The predicted molar refractivity (Wildman–Crippen MR) is 53.2 cm³/mol. The maximum absolute atomic E-state index is 11.7. The Morgan fingerprint density at radius 1 is 1.46 bits per heavy atom. The smallest absolute Gasteiger partial charge is 0.313 e. The van der Waals surface area contributed by atoms with Crippen LogP contribution in [0.1, 0.15) is 34.1 Å². The van der Waals surface area contributed by atoms with Crippen molar-refractivity contribution in [1.82, 2.24) is 0 Å². The SMILES string of the molecule is CCOC(=O)C(CC)(CN)C(C)C. The van der Waals surface area contributed by atoms with Crippen LogP contribution in [0.3, 0.4) is 0 Å². The molecule has 0 saturated carbocycles. The summed E-state index contributed by atoms with van der Waals surface area (Å²) < 4.78 is 5.03. The molecule has 0 aromatic rings. The van der Waals surface area contributed by atoms with E-state index in [1.807, 2.05) is 27.7 Å². The van der Waals surface area contributed by atoms with Gasteiger partial charge in [-0.2, -0.15) is 0 Å². The summed E-state index contributed by atoms with van der Waals surface area (Å²) in [5.41, 5.74) is 5.16. The third-order valence-electron chi connectivity index (χ3n) is 2.78. The number of carbonyl (C=O) groups is 1. The monoisotopic (exact) mass is 187 g/mol. The molecular weight excluding hydrogens is 166 g/mol. The molecule has 3 nitrogen and oxygen atoms in total. The molecule has 0 heterocycles. The minimum Gasteiger partial charge on any atom is -0.466 e. The van der Waals surface area contributed by atoms with Crippen LogP contribution in [0.25, 0.3) is 0 Å². The van der Waals surface area contributed by atoms with Gasteiger partial charge in [0.2, 0.25) is 0 Å². The topological polar surface area (TPSA) is 52.3 Å². The lowest BCUT2D eigenvalue weighted by atomic mass is 9.75. The van der Waals surface area contributed by atoms with Crippen LogP contribution >= 0.6 is 0 Å². The van der Waals surface area contributed by atoms with Gasteiger partial charge in [0.25, 0.3) is 0 Å². The molecule has 0 fully saturated rings. The highest BCUT2D eigenvalue weighted by Crippen LogP contribution is 2.31. The van der Waals surface area contributed by atoms with Crippen molar-refractivity contribution in [1.29, 1.82) is 0 Å². The van der Waals surface area contributed by atoms with Crippen LogP contribution in [0, 0.1) is 11.3 Å². The first-order chi connectivity index (χ1) is 6.05. The molecule has 0 amide bonds. The first-order valence-electron chi connectivity index (χ1n) is 4.92. The molecular formula is C10H21NO2. The molecule has 0 bridgehead atoms. The van der Waals surface area contributed by atoms with E-state index < -0.39 is 5.41 Å². The summed E-state index contributed by atoms with van der Waals surface area (Å²) >= 11 is 0. The van der Waals surface area contributed by atoms with Gasteiger partial charge in [0, 0.05) is 6.54 Å². The van der Waals surface area contributed by atoms with Crippen LogP contribution in [0.15, 0.2) is 0 Å². The minimum absolute atomic E-state index is 0.157. The Morgan fingerprint density at radius 3 is 2.23 bits per heavy atom. The molecule has 0 aliphatic carbocycles. The number of esters is 1. The zero-order chi connectivity index (χ0) is 10.5. The number of nitrogens with two attached hydrogens (primary N) is 1. The standard InChI is InChI=1S/C10H21NO2/c1-5-10(7-11,8(3)4)9(12)13-6-2/h8H,5-7,11H2,1-4H3. The number of rotatable bonds is 5. The van der Waals surface area contributed by atoms with E-state index >= 15 is 0 Å². The second-order valence-corrected chi connectivity index (χ2v) is 3.59. The Morgan fingerprint density at radius 2 is 2.00 bits per heavy atom. The van der Waals surface area contributed by atoms with Gasteiger partial charge in [-0.25, -0.2) is 0 Å². The Balaban J connectivity index is 4.65. The van der Waals surface area contributed by atoms with Crippen LogP contribution in [-0.4, -0.2) is 19.1 Å². The molecule has 0 aromatic heterocycles. The van der Waals surface area contributed by atoms with Crippen LogP contribution in [-0.2, 0) is 9.53 Å². The fourth-order valence-corrected chi connectivity index (χ4v) is 1.53. The molecule has 0 rings (SSSR count). The largest absolute Gasteiger partial charge is 0.466 e. The van der Waals surface area contributed by atoms with Gasteiger partial charge in [0.1, 0.15) is 0 Å². The molecule has 1 unspecified atom stereocenters. The number of carbonyl (C=O) groups excluding carboxylic acids is 1. The highest BCUT2D eigenvalue weighted by atomic mass is 16.5. The predicted octanol–water partition coefficient (Wildman–Crippen LogP) is 1.56. The highest BCUT2D eigenvalue weighted by Gasteiger charge is 2.39. The van der Waals surface area contributed by atoms with Gasteiger partial charge in [0.05, 0.1) is 12.0 Å². The quantitative estimate of drug-likeness (QED) is 0.664. The van der Waals surface area contributed by atoms with Crippen LogP contribution in [0.5, 0.6) is 0 Å². The van der Waals surface area contributed by atoms with E-state index in [4.69, 9.17) is 10.5 Å². The lowest BCUT2D eigenvalue weighted by Crippen LogP contribution is -2.43. The summed E-state index contributed by atoms with van der Waals surface area (Å²) in [5, 5.41) is 0. The van der Waals surface area contributed by atoms with E-state index in [0.29, 0.717) is 13.2 Å². The molecule has 0 aromatic carbocycles. The van der Waals surface area contributed by atoms with Crippen LogP contribution in [0.2, 0.25) is 0 Å². The maximum atomic E-state index is 11.7. The Bertz CT molecular complexity index is 162. The zero-order valence-electron chi connectivity index (χ0n) is 9.09.